The lowest BCUT2D eigenvalue weighted by molar-refractivity contribution is 0.443. The fraction of sp³-hybridized carbons (Fsp3) is 0.600. The van der Waals surface area contributed by atoms with Gasteiger partial charge < -0.3 is 4.90 Å². The molecule has 2 heteroatoms. The van der Waals surface area contributed by atoms with Crippen LogP contribution < -0.4 is 0 Å². The molecular weight excluding hydrogens is 150 g/mol. The van der Waals surface area contributed by atoms with Crippen LogP contribution in [0.3, 0.4) is 0 Å². The zero-order chi connectivity index (χ0) is 8.81. The molecule has 0 unspecified atom stereocenters. The minimum Gasteiger partial charge on any atom is -0.356 e. The fourth-order valence-corrected chi connectivity index (χ4v) is 1.28. The maximum absolute atomic E-state index is 10.5. The lowest BCUT2D eigenvalue weighted by atomic mass is 10.4. The van der Waals surface area contributed by atoms with Gasteiger partial charge in [0.2, 0.25) is 0 Å². The molecule has 1 fully saturated rings. The molecule has 0 aliphatic carbocycles. The third-order valence-electron chi connectivity index (χ3n) is 1.90. The van der Waals surface area contributed by atoms with Gasteiger partial charge in [0.05, 0.1) is 0 Å². The van der Waals surface area contributed by atoms with Crippen molar-refractivity contribution >= 4 is 5.94 Å². The van der Waals surface area contributed by atoms with E-state index in [-0.39, 0.29) is 0 Å². The van der Waals surface area contributed by atoms with Crippen LogP contribution in [0.1, 0.15) is 26.2 Å². The van der Waals surface area contributed by atoms with E-state index in [1.54, 1.807) is 0 Å². The highest BCUT2D eigenvalue weighted by atomic mass is 16.1. The molecule has 0 N–H and O–H groups in total. The largest absolute Gasteiger partial charge is 0.356 e. The van der Waals surface area contributed by atoms with Gasteiger partial charge in [-0.3, -0.25) is 0 Å². The van der Waals surface area contributed by atoms with E-state index >= 15 is 0 Å². The smallest absolute Gasteiger partial charge is 0.174 e. The van der Waals surface area contributed by atoms with Gasteiger partial charge in [-0.05, 0) is 18.8 Å². The number of likely N-dealkylation sites (tertiary alicyclic amines) is 1. The Labute approximate surface area is 73.2 Å². The van der Waals surface area contributed by atoms with Crippen molar-refractivity contribution in [2.75, 3.05) is 13.1 Å². The Morgan fingerprint density at radius 1 is 1.42 bits per heavy atom. The minimum absolute atomic E-state index is 0.536. The van der Waals surface area contributed by atoms with E-state index in [9.17, 15) is 4.79 Å². The molecule has 64 valence electrons. The molecule has 12 heavy (non-hydrogen) atoms. The lowest BCUT2D eigenvalue weighted by Gasteiger charge is -2.12. The first-order valence-electron chi connectivity index (χ1n) is 4.37. The van der Waals surface area contributed by atoms with E-state index in [4.69, 9.17) is 0 Å². The summed E-state index contributed by atoms with van der Waals surface area (Å²) < 4.78 is 0. The van der Waals surface area contributed by atoms with E-state index in [0.29, 0.717) is 5.70 Å². The molecule has 0 bridgehead atoms. The standard InChI is InChI=1S/C10H13NO/c1-2-3-6-10(9-12)11-7-4-5-8-11/h2,4-5,7-8H2,1H3. The SMILES string of the molecule is CCC#CC(=C=O)N1CCCC1. The molecule has 1 rings (SSSR count). The van der Waals surface area contributed by atoms with Gasteiger partial charge in [-0.1, -0.05) is 12.8 Å². The molecule has 1 aliphatic rings. The van der Waals surface area contributed by atoms with Gasteiger partial charge in [-0.15, -0.1) is 0 Å². The Bertz CT molecular complexity index is 247. The van der Waals surface area contributed by atoms with Crippen LogP contribution in [0, 0.1) is 11.8 Å². The molecule has 0 atom stereocenters. The molecule has 1 heterocycles. The molecule has 2 nitrogen and oxygen atoms in total. The molecule has 0 aromatic heterocycles. The average molecular weight is 163 g/mol. The van der Waals surface area contributed by atoms with Crippen LogP contribution in [-0.2, 0) is 4.79 Å². The molecule has 1 saturated heterocycles. The summed E-state index contributed by atoms with van der Waals surface area (Å²) in [6.07, 6.45) is 3.12. The lowest BCUT2D eigenvalue weighted by Crippen LogP contribution is -2.17. The molecule has 0 aromatic carbocycles. The Hall–Kier alpha value is -1.19. The number of rotatable bonds is 1. The van der Waals surface area contributed by atoms with E-state index in [0.717, 1.165) is 19.5 Å². The summed E-state index contributed by atoms with van der Waals surface area (Å²) in [4.78, 5) is 12.5. The van der Waals surface area contributed by atoms with Gasteiger partial charge in [0.15, 0.2) is 11.6 Å². The van der Waals surface area contributed by atoms with Crippen LogP contribution in [0.25, 0.3) is 0 Å². The summed E-state index contributed by atoms with van der Waals surface area (Å²) in [5.74, 6) is 7.61. The molecule has 0 radical (unpaired) electrons. The fourth-order valence-electron chi connectivity index (χ4n) is 1.28. The van der Waals surface area contributed by atoms with E-state index in [1.807, 2.05) is 17.8 Å². The number of nitrogens with zero attached hydrogens (tertiary/aromatic N) is 1. The third kappa shape index (κ3) is 2.15. The van der Waals surface area contributed by atoms with Crippen LogP contribution >= 0.6 is 0 Å². The van der Waals surface area contributed by atoms with Crippen molar-refractivity contribution < 1.29 is 4.79 Å². The van der Waals surface area contributed by atoms with Gasteiger partial charge in [-0.2, -0.15) is 0 Å². The van der Waals surface area contributed by atoms with Crippen molar-refractivity contribution in [3.8, 4) is 11.8 Å². The summed E-state index contributed by atoms with van der Waals surface area (Å²) >= 11 is 0. The van der Waals surface area contributed by atoms with Crippen molar-refractivity contribution in [2.24, 2.45) is 0 Å². The maximum Gasteiger partial charge on any atom is 0.174 e. The molecule has 0 saturated carbocycles. The van der Waals surface area contributed by atoms with Gasteiger partial charge >= 0.3 is 0 Å². The first kappa shape index (κ1) is 8.90. The second kappa shape index (κ2) is 4.64. The topological polar surface area (TPSA) is 20.3 Å². The van der Waals surface area contributed by atoms with Crippen LogP contribution in [0.5, 0.6) is 0 Å². The van der Waals surface area contributed by atoms with Crippen molar-refractivity contribution in [2.45, 2.75) is 26.2 Å². The zero-order valence-electron chi connectivity index (χ0n) is 7.39. The predicted octanol–water partition coefficient (Wildman–Crippen LogP) is 1.21. The van der Waals surface area contributed by atoms with Crippen LogP contribution in [0.4, 0.5) is 0 Å². The highest BCUT2D eigenvalue weighted by Crippen LogP contribution is 2.11. The summed E-state index contributed by atoms with van der Waals surface area (Å²) in [7, 11) is 0. The Morgan fingerprint density at radius 2 is 2.08 bits per heavy atom. The van der Waals surface area contributed by atoms with Crippen LogP contribution in [0.15, 0.2) is 5.70 Å². The van der Waals surface area contributed by atoms with Gasteiger partial charge in [0.25, 0.3) is 0 Å². The number of allylic oxidation sites excluding steroid dienone is 1. The molecule has 1 aliphatic heterocycles. The number of hydrogen-bond acceptors (Lipinski definition) is 2. The predicted molar refractivity (Wildman–Crippen MR) is 48.1 cm³/mol. The summed E-state index contributed by atoms with van der Waals surface area (Å²) in [6.45, 7) is 3.89. The molecule has 0 amide bonds. The van der Waals surface area contributed by atoms with Crippen molar-refractivity contribution in [1.29, 1.82) is 0 Å². The van der Waals surface area contributed by atoms with Crippen LogP contribution in [-0.4, -0.2) is 23.9 Å². The number of hydrogen-bond donors (Lipinski definition) is 0. The van der Waals surface area contributed by atoms with E-state index in [1.165, 1.54) is 12.8 Å². The summed E-state index contributed by atoms with van der Waals surface area (Å²) in [5.41, 5.74) is 0.536. The minimum atomic E-state index is 0.536. The third-order valence-corrected chi connectivity index (χ3v) is 1.90. The second-order valence-electron chi connectivity index (χ2n) is 2.80. The van der Waals surface area contributed by atoms with E-state index < -0.39 is 0 Å². The second-order valence-corrected chi connectivity index (χ2v) is 2.80. The summed E-state index contributed by atoms with van der Waals surface area (Å²) in [5, 5.41) is 0. The molecule has 0 aromatic rings. The maximum atomic E-state index is 10.5. The Morgan fingerprint density at radius 3 is 2.58 bits per heavy atom. The van der Waals surface area contributed by atoms with Gasteiger partial charge in [0.1, 0.15) is 0 Å². The average Bonchev–Trinajstić information content (AvgIpc) is 2.59. The first-order valence-corrected chi connectivity index (χ1v) is 4.37. The van der Waals surface area contributed by atoms with Gasteiger partial charge in [-0.25, -0.2) is 4.79 Å². The number of carbonyl (C=O) groups excluding carboxylic acids is 1. The zero-order valence-corrected chi connectivity index (χ0v) is 7.39. The summed E-state index contributed by atoms with van der Waals surface area (Å²) in [6, 6.07) is 0. The van der Waals surface area contributed by atoms with E-state index in [2.05, 4.69) is 11.8 Å². The Balaban J connectivity index is 2.62. The van der Waals surface area contributed by atoms with Crippen molar-refractivity contribution in [3.05, 3.63) is 5.70 Å². The first-order chi connectivity index (χ1) is 5.88. The highest BCUT2D eigenvalue weighted by molar-refractivity contribution is 5.59. The van der Waals surface area contributed by atoms with Crippen molar-refractivity contribution in [3.63, 3.8) is 0 Å². The highest BCUT2D eigenvalue weighted by Gasteiger charge is 2.13. The van der Waals surface area contributed by atoms with Gasteiger partial charge in [0, 0.05) is 19.5 Å². The monoisotopic (exact) mass is 163 g/mol. The van der Waals surface area contributed by atoms with Crippen LogP contribution in [0.2, 0.25) is 0 Å². The molecule has 0 spiro atoms. The Kier molecular flexibility index (Phi) is 3.44. The normalized spacial score (nSPS) is 14.9. The quantitative estimate of drug-likeness (QED) is 0.428. The van der Waals surface area contributed by atoms with Crippen molar-refractivity contribution in [1.82, 2.24) is 4.90 Å². The molecular formula is C10H13NO.